The number of nitrogens with one attached hydrogen (secondary N) is 1. The highest BCUT2D eigenvalue weighted by Crippen LogP contribution is 2.27. The lowest BCUT2D eigenvalue weighted by molar-refractivity contribution is 0.0757. The van der Waals surface area contributed by atoms with E-state index in [2.05, 4.69) is 20.4 Å². The fourth-order valence-corrected chi connectivity index (χ4v) is 3.58. The van der Waals surface area contributed by atoms with Gasteiger partial charge in [-0.05, 0) is 50.1 Å². The van der Waals surface area contributed by atoms with Gasteiger partial charge in [0.05, 0.1) is 23.4 Å². The van der Waals surface area contributed by atoms with Gasteiger partial charge >= 0.3 is 0 Å². The number of benzene rings is 2. The third-order valence-corrected chi connectivity index (χ3v) is 5.16. The van der Waals surface area contributed by atoms with Crippen molar-refractivity contribution in [2.45, 2.75) is 26.4 Å². The molecule has 0 fully saturated rings. The molecule has 2 aromatic carbocycles. The first kappa shape index (κ1) is 22.7. The van der Waals surface area contributed by atoms with Gasteiger partial charge in [0.25, 0.3) is 5.91 Å². The number of carbonyl (C=O) groups excluding carboxylic acids is 1. The molecule has 0 bridgehead atoms. The van der Waals surface area contributed by atoms with Crippen LogP contribution >= 0.6 is 11.6 Å². The molecule has 2 heterocycles. The van der Waals surface area contributed by atoms with E-state index in [0.29, 0.717) is 46.8 Å². The van der Waals surface area contributed by atoms with Crippen molar-refractivity contribution in [2.75, 3.05) is 18.9 Å². The van der Waals surface area contributed by atoms with Crippen molar-refractivity contribution >= 4 is 51.7 Å². The van der Waals surface area contributed by atoms with Crippen LogP contribution in [-0.2, 0) is 4.74 Å². The topological polar surface area (TPSA) is 107 Å². The Morgan fingerprint density at radius 2 is 1.97 bits per heavy atom. The Kier molecular flexibility index (Phi) is 6.86. The molecule has 0 spiro atoms. The van der Waals surface area contributed by atoms with E-state index in [1.54, 1.807) is 18.3 Å². The Morgan fingerprint density at radius 1 is 1.21 bits per heavy atom. The summed E-state index contributed by atoms with van der Waals surface area (Å²) in [7, 11) is 0. The van der Waals surface area contributed by atoms with Crippen LogP contribution < -0.4 is 11.1 Å². The van der Waals surface area contributed by atoms with Crippen LogP contribution in [-0.4, -0.2) is 46.0 Å². The minimum absolute atomic E-state index is 0.148. The second-order valence-corrected chi connectivity index (χ2v) is 8.22. The largest absolute Gasteiger partial charge is 0.383 e. The number of hydrogen-bond acceptors (Lipinski definition) is 6. The summed E-state index contributed by atoms with van der Waals surface area (Å²) in [6.45, 7) is 4.95. The maximum absolute atomic E-state index is 13.1. The Bertz CT molecular complexity index is 1330. The summed E-state index contributed by atoms with van der Waals surface area (Å²) >= 11 is 6.07. The van der Waals surface area contributed by atoms with E-state index >= 15 is 0 Å². The van der Waals surface area contributed by atoms with Gasteiger partial charge in [-0.1, -0.05) is 35.9 Å². The lowest BCUT2D eigenvalue weighted by atomic mass is 10.2. The Morgan fingerprint density at radius 3 is 2.70 bits per heavy atom. The number of nitrogens with zero attached hydrogens (tertiary/aromatic N) is 4. The Balaban J connectivity index is 1.72. The van der Waals surface area contributed by atoms with E-state index in [1.807, 2.05) is 50.2 Å². The molecular formula is C24H25ClN6O2. The van der Waals surface area contributed by atoms with Gasteiger partial charge in [0, 0.05) is 18.2 Å². The van der Waals surface area contributed by atoms with Crippen molar-refractivity contribution in [3.8, 4) is 0 Å². The molecule has 0 unspecified atom stereocenters. The molecule has 0 atom stereocenters. The van der Waals surface area contributed by atoms with E-state index in [1.165, 1.54) is 4.68 Å². The maximum atomic E-state index is 13.1. The highest BCUT2D eigenvalue weighted by atomic mass is 35.5. The molecule has 0 aliphatic carbocycles. The molecule has 4 aromatic rings. The van der Waals surface area contributed by atoms with Gasteiger partial charge in [0.15, 0.2) is 5.65 Å². The van der Waals surface area contributed by atoms with Crippen molar-refractivity contribution in [1.82, 2.24) is 20.0 Å². The summed E-state index contributed by atoms with van der Waals surface area (Å²) in [6.07, 6.45) is 2.45. The number of anilines is 1. The smallest absolute Gasteiger partial charge is 0.257 e. The van der Waals surface area contributed by atoms with Gasteiger partial charge in [-0.15, -0.1) is 0 Å². The second kappa shape index (κ2) is 9.97. The molecule has 33 heavy (non-hydrogen) atoms. The summed E-state index contributed by atoms with van der Waals surface area (Å²) in [5, 5.41) is 7.98. The summed E-state index contributed by atoms with van der Waals surface area (Å²) in [5.41, 5.74) is 9.58. The first-order chi connectivity index (χ1) is 15.9. The van der Waals surface area contributed by atoms with E-state index in [0.717, 1.165) is 5.56 Å². The summed E-state index contributed by atoms with van der Waals surface area (Å²) in [4.78, 5) is 22.4. The number of rotatable bonds is 8. The lowest BCUT2D eigenvalue weighted by Crippen LogP contribution is -2.26. The van der Waals surface area contributed by atoms with E-state index in [-0.39, 0.29) is 23.4 Å². The number of fused-ring (bicyclic) bond motifs is 2. The third kappa shape index (κ3) is 5.13. The fraction of sp³-hybridized carbons (Fsp3) is 0.250. The van der Waals surface area contributed by atoms with Crippen molar-refractivity contribution in [3.63, 3.8) is 0 Å². The van der Waals surface area contributed by atoms with E-state index in [4.69, 9.17) is 22.1 Å². The third-order valence-electron chi connectivity index (χ3n) is 4.93. The van der Waals surface area contributed by atoms with Crippen LogP contribution in [0.15, 0.2) is 53.6 Å². The van der Waals surface area contributed by atoms with Gasteiger partial charge in [0.2, 0.25) is 0 Å². The number of halogens is 1. The predicted octanol–water partition coefficient (Wildman–Crippen LogP) is 4.25. The van der Waals surface area contributed by atoms with Gasteiger partial charge in [-0.3, -0.25) is 4.79 Å². The molecule has 0 aliphatic heterocycles. The number of amides is 1. The minimum atomic E-state index is -0.330. The van der Waals surface area contributed by atoms with Crippen LogP contribution in [0.25, 0.3) is 22.2 Å². The molecule has 0 aliphatic rings. The molecule has 0 saturated carbocycles. The first-order valence-electron chi connectivity index (χ1n) is 10.7. The zero-order chi connectivity index (χ0) is 23.4. The normalized spacial score (nSPS) is 11.8. The van der Waals surface area contributed by atoms with Crippen molar-refractivity contribution < 1.29 is 9.53 Å². The minimum Gasteiger partial charge on any atom is -0.383 e. The van der Waals surface area contributed by atoms with Crippen LogP contribution in [0.1, 0.15) is 36.2 Å². The lowest BCUT2D eigenvalue weighted by Gasteiger charge is -2.08. The van der Waals surface area contributed by atoms with Crippen LogP contribution in [0, 0.1) is 0 Å². The molecule has 8 nitrogen and oxygen atoms in total. The number of aromatic nitrogens is 3. The molecule has 1 amide bonds. The van der Waals surface area contributed by atoms with Crippen molar-refractivity contribution in [3.05, 3.63) is 64.7 Å². The summed E-state index contributed by atoms with van der Waals surface area (Å²) < 4.78 is 6.96. The molecule has 170 valence electrons. The van der Waals surface area contributed by atoms with E-state index < -0.39 is 0 Å². The highest BCUT2D eigenvalue weighted by Gasteiger charge is 2.23. The van der Waals surface area contributed by atoms with E-state index in [9.17, 15) is 4.79 Å². The number of carbonyl (C=O) groups is 1. The zero-order valence-corrected chi connectivity index (χ0v) is 19.2. The van der Waals surface area contributed by atoms with Crippen molar-refractivity contribution in [2.24, 2.45) is 5.10 Å². The van der Waals surface area contributed by atoms with Crippen LogP contribution in [0.4, 0.5) is 5.82 Å². The molecule has 4 rings (SSSR count). The monoisotopic (exact) mass is 464 g/mol. The predicted molar refractivity (Wildman–Crippen MR) is 132 cm³/mol. The number of ether oxygens (including phenoxy) is 1. The molecule has 0 radical (unpaired) electrons. The standard InChI is InChI=1S/C24H25ClN6O2/c1-15(2)33-12-6-11-27-24(32)20-21-23(30-19-10-4-3-9-18(19)29-21)31(22(20)26)28-14-16-7-5-8-17(25)13-16/h3-5,7-10,13-15H,6,11-12,26H2,1-2H3,(H,27,32). The maximum Gasteiger partial charge on any atom is 0.257 e. The molecule has 9 heteroatoms. The van der Waals surface area contributed by atoms with Gasteiger partial charge in [-0.2, -0.15) is 9.78 Å². The molecule has 0 saturated heterocycles. The van der Waals surface area contributed by atoms with Gasteiger partial charge in [-0.25, -0.2) is 9.97 Å². The SMILES string of the molecule is CC(C)OCCCNC(=O)c1c(N)n(N=Cc2cccc(Cl)c2)c2nc3ccccc3nc12. The first-order valence-corrected chi connectivity index (χ1v) is 11.1. The number of para-hydroxylation sites is 2. The fourth-order valence-electron chi connectivity index (χ4n) is 3.38. The van der Waals surface area contributed by atoms with Gasteiger partial charge in [0.1, 0.15) is 16.9 Å². The van der Waals surface area contributed by atoms with Crippen molar-refractivity contribution in [1.29, 1.82) is 0 Å². The number of nitrogens with two attached hydrogens (primary N) is 1. The molecule has 3 N–H and O–H groups in total. The average Bonchev–Trinajstić information content (AvgIpc) is 3.05. The zero-order valence-electron chi connectivity index (χ0n) is 18.5. The van der Waals surface area contributed by atoms with Gasteiger partial charge < -0.3 is 15.8 Å². The van der Waals surface area contributed by atoms with Crippen LogP contribution in [0.3, 0.4) is 0 Å². The Labute approximate surface area is 196 Å². The Hall–Kier alpha value is -3.49. The summed E-state index contributed by atoms with van der Waals surface area (Å²) in [5.74, 6) is -0.169. The molecular weight excluding hydrogens is 440 g/mol. The number of hydrogen-bond donors (Lipinski definition) is 2. The highest BCUT2D eigenvalue weighted by molar-refractivity contribution is 6.30. The average molecular weight is 465 g/mol. The van der Waals surface area contributed by atoms with Crippen LogP contribution in [0.5, 0.6) is 0 Å². The molecule has 2 aromatic heterocycles. The number of nitrogen functional groups attached to an aromatic ring is 1. The van der Waals surface area contributed by atoms with Crippen LogP contribution in [0.2, 0.25) is 5.02 Å². The summed E-state index contributed by atoms with van der Waals surface area (Å²) in [6, 6.07) is 14.7. The quantitative estimate of drug-likeness (QED) is 0.299. The second-order valence-electron chi connectivity index (χ2n) is 7.79.